The van der Waals surface area contributed by atoms with Crippen molar-refractivity contribution in [3.63, 3.8) is 0 Å². The molecule has 0 amide bonds. The zero-order chi connectivity index (χ0) is 17.1. The number of hydrogen-bond acceptors (Lipinski definition) is 5. The van der Waals surface area contributed by atoms with E-state index < -0.39 is 0 Å². The summed E-state index contributed by atoms with van der Waals surface area (Å²) in [6.07, 6.45) is 2.07. The van der Waals surface area contributed by atoms with Crippen LogP contribution in [0.4, 0.5) is 11.6 Å². The summed E-state index contributed by atoms with van der Waals surface area (Å²) in [5.74, 6) is 3.64. The van der Waals surface area contributed by atoms with E-state index in [-0.39, 0.29) is 0 Å². The molecular weight excluding hydrogens is 300 g/mol. The second-order valence-electron chi connectivity index (χ2n) is 6.42. The molecule has 0 saturated carbocycles. The molecule has 0 unspecified atom stereocenters. The van der Waals surface area contributed by atoms with E-state index in [0.717, 1.165) is 49.1 Å². The number of ether oxygens (including phenoxy) is 1. The molecule has 5 heteroatoms. The molecule has 0 aliphatic carbocycles. The molecule has 0 spiro atoms. The second kappa shape index (κ2) is 7.07. The first-order valence-corrected chi connectivity index (χ1v) is 8.62. The molecule has 0 fully saturated rings. The van der Waals surface area contributed by atoms with Crippen molar-refractivity contribution in [2.45, 2.75) is 46.2 Å². The first kappa shape index (κ1) is 16.6. The number of anilines is 2. The maximum Gasteiger partial charge on any atom is 0.134 e. The maximum absolute atomic E-state index is 5.33. The van der Waals surface area contributed by atoms with Gasteiger partial charge in [-0.05, 0) is 49.9 Å². The lowest BCUT2D eigenvalue weighted by Crippen LogP contribution is -2.31. The summed E-state index contributed by atoms with van der Waals surface area (Å²) in [6.45, 7) is 8.12. The van der Waals surface area contributed by atoms with Crippen LogP contribution < -0.4 is 15.0 Å². The lowest BCUT2D eigenvalue weighted by molar-refractivity contribution is 0.413. The van der Waals surface area contributed by atoms with Gasteiger partial charge in [-0.3, -0.25) is 0 Å². The van der Waals surface area contributed by atoms with Crippen LogP contribution in [-0.2, 0) is 13.0 Å². The maximum atomic E-state index is 5.33. The van der Waals surface area contributed by atoms with Gasteiger partial charge >= 0.3 is 0 Å². The van der Waals surface area contributed by atoms with Gasteiger partial charge in [-0.25, -0.2) is 9.97 Å². The minimum atomic E-state index is 0.404. The Kier molecular flexibility index (Phi) is 4.88. The number of nitrogens with zero attached hydrogens (tertiary/aromatic N) is 3. The minimum Gasteiger partial charge on any atom is -0.497 e. The fraction of sp³-hybridized carbons (Fsp3) is 0.474. The summed E-state index contributed by atoms with van der Waals surface area (Å²) in [5, 5.41) is 3.45. The van der Waals surface area contributed by atoms with Crippen molar-refractivity contribution in [2.24, 2.45) is 0 Å². The van der Waals surface area contributed by atoms with Crippen molar-refractivity contribution in [2.75, 3.05) is 23.9 Å². The van der Waals surface area contributed by atoms with Gasteiger partial charge in [0.15, 0.2) is 0 Å². The highest BCUT2D eigenvalue weighted by Crippen LogP contribution is 2.27. The second-order valence-corrected chi connectivity index (χ2v) is 6.42. The Labute approximate surface area is 144 Å². The Balaban J connectivity index is 1.82. The van der Waals surface area contributed by atoms with Crippen molar-refractivity contribution < 1.29 is 4.74 Å². The third kappa shape index (κ3) is 3.61. The summed E-state index contributed by atoms with van der Waals surface area (Å²) in [4.78, 5) is 11.5. The average Bonchev–Trinajstić information content (AvgIpc) is 2.60. The zero-order valence-electron chi connectivity index (χ0n) is 15.0. The Morgan fingerprint density at radius 1 is 1.25 bits per heavy atom. The lowest BCUT2D eigenvalue weighted by atomic mass is 9.99. The normalized spacial score (nSPS) is 14.9. The van der Waals surface area contributed by atoms with Crippen LogP contribution in [0.25, 0.3) is 0 Å². The highest BCUT2D eigenvalue weighted by atomic mass is 16.5. The number of aryl methyl sites for hydroxylation is 1. The molecule has 0 radical (unpaired) electrons. The Morgan fingerprint density at radius 3 is 2.83 bits per heavy atom. The van der Waals surface area contributed by atoms with E-state index in [1.54, 1.807) is 7.11 Å². The first-order chi connectivity index (χ1) is 11.6. The fourth-order valence-corrected chi connectivity index (χ4v) is 2.99. The molecule has 1 atom stereocenters. The Bertz CT molecular complexity index is 717. The van der Waals surface area contributed by atoms with Crippen LogP contribution in [0, 0.1) is 6.92 Å². The van der Waals surface area contributed by atoms with E-state index in [0.29, 0.717) is 6.04 Å². The van der Waals surface area contributed by atoms with E-state index in [1.165, 1.54) is 11.1 Å². The van der Waals surface area contributed by atoms with Gasteiger partial charge in [0.1, 0.15) is 23.2 Å². The molecule has 1 aliphatic rings. The van der Waals surface area contributed by atoms with Gasteiger partial charge < -0.3 is 15.0 Å². The van der Waals surface area contributed by atoms with E-state index in [9.17, 15) is 0 Å². The van der Waals surface area contributed by atoms with Gasteiger partial charge in [-0.2, -0.15) is 0 Å². The third-order valence-corrected chi connectivity index (χ3v) is 4.58. The molecule has 0 saturated heterocycles. The molecule has 1 N–H and O–H groups in total. The largest absolute Gasteiger partial charge is 0.497 e. The molecule has 2 aromatic rings. The van der Waals surface area contributed by atoms with Crippen molar-refractivity contribution in [1.29, 1.82) is 0 Å². The van der Waals surface area contributed by atoms with Crippen molar-refractivity contribution in [3.8, 4) is 5.75 Å². The van der Waals surface area contributed by atoms with E-state index >= 15 is 0 Å². The van der Waals surface area contributed by atoms with Crippen LogP contribution in [0.1, 0.15) is 37.2 Å². The molecule has 5 nitrogen and oxygen atoms in total. The molecule has 128 valence electrons. The number of benzene rings is 1. The Morgan fingerprint density at radius 2 is 2.08 bits per heavy atom. The van der Waals surface area contributed by atoms with E-state index in [4.69, 9.17) is 4.74 Å². The molecule has 2 heterocycles. The number of rotatable bonds is 5. The van der Waals surface area contributed by atoms with Crippen LogP contribution in [0.3, 0.4) is 0 Å². The topological polar surface area (TPSA) is 50.3 Å². The van der Waals surface area contributed by atoms with Crippen LogP contribution in [-0.4, -0.2) is 29.7 Å². The van der Waals surface area contributed by atoms with Gasteiger partial charge in [0.2, 0.25) is 0 Å². The van der Waals surface area contributed by atoms with Crippen LogP contribution >= 0.6 is 0 Å². The molecule has 1 aromatic heterocycles. The standard InChI is InChI=1S/C19H26N4O/c1-5-13(2)20-18-11-19(22-14(3)21-18)23-9-8-15-10-17(24-4)7-6-16(15)12-23/h6-7,10-11,13H,5,8-9,12H2,1-4H3,(H,20,21,22)/t13-/m0/s1. The summed E-state index contributed by atoms with van der Waals surface area (Å²) < 4.78 is 5.33. The third-order valence-electron chi connectivity index (χ3n) is 4.58. The molecule has 24 heavy (non-hydrogen) atoms. The molecule has 0 bridgehead atoms. The highest BCUT2D eigenvalue weighted by molar-refractivity contribution is 5.52. The molecule has 3 rings (SSSR count). The van der Waals surface area contributed by atoms with Crippen molar-refractivity contribution >= 4 is 11.6 Å². The summed E-state index contributed by atoms with van der Waals surface area (Å²) in [6, 6.07) is 8.80. The zero-order valence-corrected chi connectivity index (χ0v) is 15.0. The Hall–Kier alpha value is -2.30. The number of aromatic nitrogens is 2. The monoisotopic (exact) mass is 326 g/mol. The van der Waals surface area contributed by atoms with Crippen LogP contribution in [0.15, 0.2) is 24.3 Å². The van der Waals surface area contributed by atoms with Gasteiger partial charge in [0.25, 0.3) is 0 Å². The van der Waals surface area contributed by atoms with Gasteiger partial charge in [-0.1, -0.05) is 13.0 Å². The van der Waals surface area contributed by atoms with Crippen LogP contribution in [0.5, 0.6) is 5.75 Å². The summed E-state index contributed by atoms with van der Waals surface area (Å²) in [7, 11) is 1.71. The van der Waals surface area contributed by atoms with E-state index in [1.807, 2.05) is 13.0 Å². The molecule has 1 aliphatic heterocycles. The van der Waals surface area contributed by atoms with E-state index in [2.05, 4.69) is 52.2 Å². The number of nitrogens with one attached hydrogen (secondary N) is 1. The number of hydrogen-bond donors (Lipinski definition) is 1. The smallest absolute Gasteiger partial charge is 0.134 e. The van der Waals surface area contributed by atoms with Gasteiger partial charge in [-0.15, -0.1) is 0 Å². The quantitative estimate of drug-likeness (QED) is 0.910. The van der Waals surface area contributed by atoms with Gasteiger partial charge in [0.05, 0.1) is 7.11 Å². The first-order valence-electron chi connectivity index (χ1n) is 8.62. The lowest BCUT2D eigenvalue weighted by Gasteiger charge is -2.30. The van der Waals surface area contributed by atoms with Crippen LogP contribution in [0.2, 0.25) is 0 Å². The minimum absolute atomic E-state index is 0.404. The average molecular weight is 326 g/mol. The van der Waals surface area contributed by atoms with Crippen molar-refractivity contribution in [1.82, 2.24) is 9.97 Å². The SMILES string of the molecule is CC[C@H](C)Nc1cc(N2CCc3cc(OC)ccc3C2)nc(C)n1. The molecule has 1 aromatic carbocycles. The number of methoxy groups -OCH3 is 1. The summed E-state index contributed by atoms with van der Waals surface area (Å²) >= 11 is 0. The predicted octanol–water partition coefficient (Wildman–Crippen LogP) is 3.57. The number of fused-ring (bicyclic) bond motifs is 1. The van der Waals surface area contributed by atoms with Gasteiger partial charge in [0, 0.05) is 25.2 Å². The summed E-state index contributed by atoms with van der Waals surface area (Å²) in [5.41, 5.74) is 2.71. The van der Waals surface area contributed by atoms with Crippen molar-refractivity contribution in [3.05, 3.63) is 41.2 Å². The predicted molar refractivity (Wildman–Crippen MR) is 97.9 cm³/mol. The molecular formula is C19H26N4O. The fourth-order valence-electron chi connectivity index (χ4n) is 2.99. The highest BCUT2D eigenvalue weighted by Gasteiger charge is 2.19.